The zero-order valence-electron chi connectivity index (χ0n) is 11.2. The molecule has 104 valence electrons. The van der Waals surface area contributed by atoms with E-state index >= 15 is 0 Å². The van der Waals surface area contributed by atoms with Gasteiger partial charge in [-0.3, -0.25) is 0 Å². The Morgan fingerprint density at radius 2 is 2.15 bits per heavy atom. The molecule has 0 amide bonds. The summed E-state index contributed by atoms with van der Waals surface area (Å²) in [6.45, 7) is 0.925. The monoisotopic (exact) mass is 305 g/mol. The summed E-state index contributed by atoms with van der Waals surface area (Å²) in [7, 11) is 1.63. The lowest BCUT2D eigenvalue weighted by Crippen LogP contribution is -2.12. The maximum Gasteiger partial charge on any atom is 0.139 e. The topological polar surface area (TPSA) is 21.3 Å². The number of benzene rings is 2. The van der Waals surface area contributed by atoms with Crippen molar-refractivity contribution in [2.24, 2.45) is 0 Å². The normalized spacial score (nSPS) is 16.8. The summed E-state index contributed by atoms with van der Waals surface area (Å²) in [4.78, 5) is 1.41. The van der Waals surface area contributed by atoms with Crippen LogP contribution >= 0.6 is 23.4 Å². The van der Waals surface area contributed by atoms with Crippen LogP contribution in [0.1, 0.15) is 11.5 Å². The number of rotatable bonds is 4. The standard InChI is InChI=1S/C16H16ClNOS/c1-19-15-8-12(6-7-14(15)17)18-9-11-10-20-16-5-3-2-4-13(11)16/h2-8,11,18H,9-10H2,1H3. The van der Waals surface area contributed by atoms with E-state index in [4.69, 9.17) is 16.3 Å². The Bertz CT molecular complexity index is 617. The number of thioether (sulfide) groups is 1. The Kier molecular flexibility index (Phi) is 4.08. The van der Waals surface area contributed by atoms with E-state index in [0.29, 0.717) is 16.7 Å². The van der Waals surface area contributed by atoms with Crippen molar-refractivity contribution in [3.8, 4) is 5.75 Å². The van der Waals surface area contributed by atoms with E-state index in [1.807, 2.05) is 30.0 Å². The average molecular weight is 306 g/mol. The first-order valence-corrected chi connectivity index (χ1v) is 7.93. The van der Waals surface area contributed by atoms with Crippen LogP contribution < -0.4 is 10.1 Å². The van der Waals surface area contributed by atoms with Gasteiger partial charge in [0.15, 0.2) is 0 Å². The fraction of sp³-hybridized carbons (Fsp3) is 0.250. The van der Waals surface area contributed by atoms with E-state index in [0.717, 1.165) is 18.0 Å². The van der Waals surface area contributed by atoms with Gasteiger partial charge < -0.3 is 10.1 Å². The fourth-order valence-electron chi connectivity index (χ4n) is 2.41. The third kappa shape index (κ3) is 2.74. The first kappa shape index (κ1) is 13.7. The molecule has 0 spiro atoms. The Balaban J connectivity index is 1.69. The second kappa shape index (κ2) is 5.98. The molecule has 2 aromatic carbocycles. The molecule has 0 saturated carbocycles. The Morgan fingerprint density at radius 3 is 3.00 bits per heavy atom. The lowest BCUT2D eigenvalue weighted by atomic mass is 10.0. The predicted molar refractivity (Wildman–Crippen MR) is 86.4 cm³/mol. The van der Waals surface area contributed by atoms with Gasteiger partial charge in [-0.1, -0.05) is 29.8 Å². The molecule has 1 N–H and O–H groups in total. The SMILES string of the molecule is COc1cc(NCC2CSc3ccccc32)ccc1Cl. The molecular formula is C16H16ClNOS. The lowest BCUT2D eigenvalue weighted by Gasteiger charge is -2.14. The molecule has 1 heterocycles. The van der Waals surface area contributed by atoms with Crippen LogP contribution in [0.5, 0.6) is 5.75 Å². The highest BCUT2D eigenvalue weighted by Crippen LogP contribution is 2.39. The third-order valence-electron chi connectivity index (χ3n) is 3.50. The van der Waals surface area contributed by atoms with E-state index in [9.17, 15) is 0 Å². The number of methoxy groups -OCH3 is 1. The van der Waals surface area contributed by atoms with Crippen LogP contribution in [0.3, 0.4) is 0 Å². The van der Waals surface area contributed by atoms with E-state index < -0.39 is 0 Å². The Labute approximate surface area is 128 Å². The molecule has 2 nitrogen and oxygen atoms in total. The van der Waals surface area contributed by atoms with Gasteiger partial charge in [0.1, 0.15) is 5.75 Å². The van der Waals surface area contributed by atoms with Crippen molar-refractivity contribution in [1.29, 1.82) is 0 Å². The average Bonchev–Trinajstić information content (AvgIpc) is 2.90. The minimum absolute atomic E-state index is 0.554. The highest BCUT2D eigenvalue weighted by Gasteiger charge is 2.22. The van der Waals surface area contributed by atoms with Crippen LogP contribution in [0.15, 0.2) is 47.4 Å². The minimum atomic E-state index is 0.554. The van der Waals surface area contributed by atoms with Gasteiger partial charge >= 0.3 is 0 Å². The van der Waals surface area contributed by atoms with E-state index in [-0.39, 0.29) is 0 Å². The zero-order valence-corrected chi connectivity index (χ0v) is 12.8. The van der Waals surface area contributed by atoms with Crippen molar-refractivity contribution in [1.82, 2.24) is 0 Å². The summed E-state index contributed by atoms with van der Waals surface area (Å²) >= 11 is 7.97. The molecule has 2 aromatic rings. The minimum Gasteiger partial charge on any atom is -0.495 e. The maximum atomic E-state index is 6.03. The summed E-state index contributed by atoms with van der Waals surface area (Å²) in [5.74, 6) is 2.40. The number of hydrogen-bond donors (Lipinski definition) is 1. The summed E-state index contributed by atoms with van der Waals surface area (Å²) in [5.41, 5.74) is 2.49. The Hall–Kier alpha value is -1.32. The van der Waals surface area contributed by atoms with Crippen molar-refractivity contribution in [2.45, 2.75) is 10.8 Å². The number of anilines is 1. The first-order valence-electron chi connectivity index (χ1n) is 6.57. The van der Waals surface area contributed by atoms with Crippen LogP contribution in [0.25, 0.3) is 0 Å². The highest BCUT2D eigenvalue weighted by atomic mass is 35.5. The van der Waals surface area contributed by atoms with E-state index in [1.54, 1.807) is 7.11 Å². The van der Waals surface area contributed by atoms with Gasteiger partial charge in [-0.25, -0.2) is 0 Å². The molecule has 1 atom stereocenters. The van der Waals surface area contributed by atoms with Crippen molar-refractivity contribution in [3.63, 3.8) is 0 Å². The molecule has 0 bridgehead atoms. The first-order chi connectivity index (χ1) is 9.78. The van der Waals surface area contributed by atoms with Crippen LogP contribution in [-0.2, 0) is 0 Å². The Morgan fingerprint density at radius 1 is 1.30 bits per heavy atom. The molecule has 4 heteroatoms. The van der Waals surface area contributed by atoms with Crippen LogP contribution in [-0.4, -0.2) is 19.4 Å². The number of hydrogen-bond acceptors (Lipinski definition) is 3. The molecular weight excluding hydrogens is 290 g/mol. The maximum absolute atomic E-state index is 6.03. The molecule has 20 heavy (non-hydrogen) atoms. The van der Waals surface area contributed by atoms with Crippen LogP contribution in [0, 0.1) is 0 Å². The lowest BCUT2D eigenvalue weighted by molar-refractivity contribution is 0.415. The second-order valence-corrected chi connectivity index (χ2v) is 6.25. The number of fused-ring (bicyclic) bond motifs is 1. The van der Waals surface area contributed by atoms with Crippen molar-refractivity contribution in [3.05, 3.63) is 53.1 Å². The molecule has 0 saturated heterocycles. The number of halogens is 1. The van der Waals surface area contributed by atoms with Gasteiger partial charge in [-0.05, 0) is 23.8 Å². The largest absolute Gasteiger partial charge is 0.495 e. The van der Waals surface area contributed by atoms with E-state index in [1.165, 1.54) is 10.5 Å². The van der Waals surface area contributed by atoms with Gasteiger partial charge in [-0.2, -0.15) is 0 Å². The molecule has 1 aliphatic rings. The third-order valence-corrected chi connectivity index (χ3v) is 5.07. The summed E-state index contributed by atoms with van der Waals surface area (Å²) in [6.07, 6.45) is 0. The summed E-state index contributed by atoms with van der Waals surface area (Å²) in [6, 6.07) is 14.4. The van der Waals surface area contributed by atoms with Crippen LogP contribution in [0.2, 0.25) is 5.02 Å². The quantitative estimate of drug-likeness (QED) is 0.888. The van der Waals surface area contributed by atoms with Gasteiger partial charge in [0.2, 0.25) is 0 Å². The molecule has 1 unspecified atom stereocenters. The second-order valence-electron chi connectivity index (χ2n) is 4.78. The number of ether oxygens (including phenoxy) is 1. The predicted octanol–water partition coefficient (Wildman–Crippen LogP) is 4.65. The van der Waals surface area contributed by atoms with Crippen molar-refractivity contribution >= 4 is 29.1 Å². The molecule has 0 fully saturated rings. The van der Waals surface area contributed by atoms with E-state index in [2.05, 4.69) is 29.6 Å². The van der Waals surface area contributed by atoms with Gasteiger partial charge in [0, 0.05) is 34.9 Å². The summed E-state index contributed by atoms with van der Waals surface area (Å²) in [5, 5.41) is 4.12. The molecule has 1 aliphatic heterocycles. The molecule has 0 radical (unpaired) electrons. The van der Waals surface area contributed by atoms with Crippen molar-refractivity contribution < 1.29 is 4.74 Å². The molecule has 0 aliphatic carbocycles. The number of nitrogens with one attached hydrogen (secondary N) is 1. The molecule has 3 rings (SSSR count). The zero-order chi connectivity index (χ0) is 13.9. The smallest absolute Gasteiger partial charge is 0.139 e. The fourth-order valence-corrected chi connectivity index (χ4v) is 3.86. The van der Waals surface area contributed by atoms with Crippen molar-refractivity contribution in [2.75, 3.05) is 24.7 Å². The molecule has 0 aromatic heterocycles. The summed E-state index contributed by atoms with van der Waals surface area (Å²) < 4.78 is 5.24. The van der Waals surface area contributed by atoms with Gasteiger partial charge in [0.05, 0.1) is 12.1 Å². The van der Waals surface area contributed by atoms with Gasteiger partial charge in [-0.15, -0.1) is 11.8 Å². The van der Waals surface area contributed by atoms with Crippen LogP contribution in [0.4, 0.5) is 5.69 Å². The highest BCUT2D eigenvalue weighted by molar-refractivity contribution is 7.99. The van der Waals surface area contributed by atoms with Gasteiger partial charge in [0.25, 0.3) is 0 Å².